The van der Waals surface area contributed by atoms with Crippen molar-refractivity contribution in [3.63, 3.8) is 0 Å². The average molecular weight is 240 g/mol. The predicted octanol–water partition coefficient (Wildman–Crippen LogP) is 3.02. The van der Waals surface area contributed by atoms with Crippen molar-refractivity contribution in [3.8, 4) is 5.75 Å². The van der Waals surface area contributed by atoms with E-state index in [-0.39, 0.29) is 0 Å². The van der Waals surface area contributed by atoms with Gasteiger partial charge >= 0.3 is 0 Å². The summed E-state index contributed by atoms with van der Waals surface area (Å²) in [5.41, 5.74) is 7.32. The Kier molecular flexibility index (Phi) is 3.72. The van der Waals surface area contributed by atoms with E-state index in [0.717, 1.165) is 24.5 Å². The van der Waals surface area contributed by atoms with E-state index in [2.05, 4.69) is 0 Å². The molecule has 1 aliphatic rings. The van der Waals surface area contributed by atoms with Crippen LogP contribution in [0.1, 0.15) is 24.8 Å². The summed E-state index contributed by atoms with van der Waals surface area (Å²) < 4.78 is 5.19. The summed E-state index contributed by atoms with van der Waals surface area (Å²) >= 11 is 5.97. The van der Waals surface area contributed by atoms with Crippen LogP contribution in [0, 0.1) is 5.92 Å². The molecule has 2 N–H and O–H groups in total. The number of nitrogens with two attached hydrogens (primary N) is 1. The van der Waals surface area contributed by atoms with Gasteiger partial charge in [-0.25, -0.2) is 0 Å². The highest BCUT2D eigenvalue weighted by molar-refractivity contribution is 6.32. The minimum Gasteiger partial charge on any atom is -0.495 e. The lowest BCUT2D eigenvalue weighted by Crippen LogP contribution is -2.22. The molecule has 0 spiro atoms. The van der Waals surface area contributed by atoms with E-state index in [1.807, 2.05) is 18.2 Å². The monoisotopic (exact) mass is 239 g/mol. The summed E-state index contributed by atoms with van der Waals surface area (Å²) in [6.07, 6.45) is 4.68. The van der Waals surface area contributed by atoms with Gasteiger partial charge in [-0.05, 0) is 49.3 Å². The maximum Gasteiger partial charge on any atom is 0.137 e. The van der Waals surface area contributed by atoms with Crippen LogP contribution in [0.4, 0.5) is 0 Å². The van der Waals surface area contributed by atoms with Crippen molar-refractivity contribution in [1.29, 1.82) is 0 Å². The van der Waals surface area contributed by atoms with E-state index in [9.17, 15) is 0 Å². The maximum atomic E-state index is 6.07. The number of hydrogen-bond donors (Lipinski definition) is 1. The van der Waals surface area contributed by atoms with Crippen molar-refractivity contribution < 1.29 is 4.74 Å². The van der Waals surface area contributed by atoms with Crippen LogP contribution in [0.3, 0.4) is 0 Å². The molecule has 0 bridgehead atoms. The third kappa shape index (κ3) is 2.89. The molecule has 1 aromatic rings. The largest absolute Gasteiger partial charge is 0.495 e. The minimum absolute atomic E-state index is 0.363. The second-order valence-electron chi connectivity index (χ2n) is 4.51. The summed E-state index contributed by atoms with van der Waals surface area (Å²) in [6.45, 7) is 0. The first-order chi connectivity index (χ1) is 7.70. The van der Waals surface area contributed by atoms with Gasteiger partial charge in [0, 0.05) is 6.04 Å². The van der Waals surface area contributed by atoms with Gasteiger partial charge in [-0.1, -0.05) is 17.7 Å². The highest BCUT2D eigenvalue weighted by atomic mass is 35.5. The molecule has 16 heavy (non-hydrogen) atoms. The molecule has 2 nitrogen and oxygen atoms in total. The van der Waals surface area contributed by atoms with Crippen LogP contribution in [0.2, 0.25) is 5.02 Å². The highest BCUT2D eigenvalue weighted by Gasteiger charge is 2.27. The lowest BCUT2D eigenvalue weighted by Gasteiger charge is -2.11. The maximum absolute atomic E-state index is 6.07. The smallest absolute Gasteiger partial charge is 0.137 e. The molecule has 1 fully saturated rings. The average Bonchev–Trinajstić information content (AvgIpc) is 3.11. The Morgan fingerprint density at radius 1 is 1.50 bits per heavy atom. The molecule has 0 aliphatic heterocycles. The van der Waals surface area contributed by atoms with E-state index < -0.39 is 0 Å². The Labute approximate surface area is 102 Å². The van der Waals surface area contributed by atoms with Crippen molar-refractivity contribution in [2.24, 2.45) is 11.7 Å². The van der Waals surface area contributed by atoms with Gasteiger partial charge in [-0.2, -0.15) is 0 Å². The van der Waals surface area contributed by atoms with Crippen LogP contribution in [0.15, 0.2) is 18.2 Å². The van der Waals surface area contributed by atoms with E-state index in [0.29, 0.717) is 11.1 Å². The minimum atomic E-state index is 0.363. The second-order valence-corrected chi connectivity index (χ2v) is 4.92. The number of benzene rings is 1. The van der Waals surface area contributed by atoms with Crippen molar-refractivity contribution in [1.82, 2.24) is 0 Å². The van der Waals surface area contributed by atoms with Gasteiger partial charge in [0.1, 0.15) is 5.75 Å². The van der Waals surface area contributed by atoms with Gasteiger partial charge < -0.3 is 10.5 Å². The first kappa shape index (κ1) is 11.7. The lowest BCUT2D eigenvalue weighted by molar-refractivity contribution is 0.414. The summed E-state index contributed by atoms with van der Waals surface area (Å²) in [6, 6.07) is 6.30. The van der Waals surface area contributed by atoms with Crippen molar-refractivity contribution >= 4 is 11.6 Å². The molecule has 88 valence electrons. The fourth-order valence-corrected chi connectivity index (χ4v) is 2.15. The molecule has 0 amide bonds. The fraction of sp³-hybridized carbons (Fsp3) is 0.538. The molecule has 1 aromatic carbocycles. The number of halogens is 1. The van der Waals surface area contributed by atoms with Crippen LogP contribution in [0.5, 0.6) is 5.75 Å². The number of hydrogen-bond acceptors (Lipinski definition) is 2. The second kappa shape index (κ2) is 5.07. The lowest BCUT2D eigenvalue weighted by atomic mass is 10.0. The van der Waals surface area contributed by atoms with E-state index in [1.165, 1.54) is 18.4 Å². The van der Waals surface area contributed by atoms with Crippen LogP contribution >= 0.6 is 11.6 Å². The normalized spacial score (nSPS) is 17.2. The molecule has 1 aliphatic carbocycles. The third-order valence-corrected chi connectivity index (χ3v) is 3.52. The zero-order chi connectivity index (χ0) is 11.5. The van der Waals surface area contributed by atoms with E-state index >= 15 is 0 Å². The summed E-state index contributed by atoms with van der Waals surface area (Å²) in [5.74, 6) is 1.52. The zero-order valence-electron chi connectivity index (χ0n) is 9.58. The Hall–Kier alpha value is -0.730. The standard InChI is InChI=1S/C13H18ClNO/c1-16-13-8-9(2-6-11(13)14)3-7-12(15)10-4-5-10/h2,6,8,10,12H,3-5,7,15H2,1H3. The molecule has 0 saturated heterocycles. The number of aryl methyl sites for hydroxylation is 1. The third-order valence-electron chi connectivity index (χ3n) is 3.21. The Bertz CT molecular complexity index is 363. The van der Waals surface area contributed by atoms with Gasteiger partial charge in [0.05, 0.1) is 12.1 Å². The molecule has 0 radical (unpaired) electrons. The molecule has 3 heteroatoms. The molecule has 1 saturated carbocycles. The molecule has 0 aromatic heterocycles. The topological polar surface area (TPSA) is 35.2 Å². The summed E-state index contributed by atoms with van der Waals surface area (Å²) in [7, 11) is 1.64. The first-order valence-corrected chi connectivity index (χ1v) is 6.16. The van der Waals surface area contributed by atoms with Crippen LogP contribution < -0.4 is 10.5 Å². The Morgan fingerprint density at radius 3 is 2.88 bits per heavy atom. The highest BCUT2D eigenvalue weighted by Crippen LogP contribution is 2.33. The van der Waals surface area contributed by atoms with E-state index in [1.54, 1.807) is 7.11 Å². The van der Waals surface area contributed by atoms with Crippen molar-refractivity contribution in [2.75, 3.05) is 7.11 Å². The van der Waals surface area contributed by atoms with Crippen LogP contribution in [-0.4, -0.2) is 13.2 Å². The number of methoxy groups -OCH3 is 1. The molecule has 0 heterocycles. The predicted molar refractivity (Wildman–Crippen MR) is 67.0 cm³/mol. The zero-order valence-corrected chi connectivity index (χ0v) is 10.3. The first-order valence-electron chi connectivity index (χ1n) is 5.78. The van der Waals surface area contributed by atoms with Gasteiger partial charge in [0.2, 0.25) is 0 Å². The molecular weight excluding hydrogens is 222 g/mol. The summed E-state index contributed by atoms with van der Waals surface area (Å²) in [4.78, 5) is 0. The number of rotatable bonds is 5. The van der Waals surface area contributed by atoms with E-state index in [4.69, 9.17) is 22.1 Å². The summed E-state index contributed by atoms with van der Waals surface area (Å²) in [5, 5.41) is 0.665. The molecule has 1 atom stereocenters. The number of ether oxygens (including phenoxy) is 1. The van der Waals surface area contributed by atoms with Gasteiger partial charge in [0.15, 0.2) is 0 Å². The van der Waals surface area contributed by atoms with Gasteiger partial charge in [-0.15, -0.1) is 0 Å². The Morgan fingerprint density at radius 2 is 2.25 bits per heavy atom. The van der Waals surface area contributed by atoms with Crippen LogP contribution in [0.25, 0.3) is 0 Å². The SMILES string of the molecule is COc1cc(CCC(N)C2CC2)ccc1Cl. The van der Waals surface area contributed by atoms with Crippen LogP contribution in [-0.2, 0) is 6.42 Å². The molecular formula is C13H18ClNO. The van der Waals surface area contributed by atoms with Crippen molar-refractivity contribution in [2.45, 2.75) is 31.7 Å². The van der Waals surface area contributed by atoms with Crippen molar-refractivity contribution in [3.05, 3.63) is 28.8 Å². The quantitative estimate of drug-likeness (QED) is 0.857. The molecule has 2 rings (SSSR count). The Balaban J connectivity index is 1.93. The van der Waals surface area contributed by atoms with Gasteiger partial charge in [0.25, 0.3) is 0 Å². The van der Waals surface area contributed by atoms with Gasteiger partial charge in [-0.3, -0.25) is 0 Å². The fourth-order valence-electron chi connectivity index (χ4n) is 1.95. The molecule has 1 unspecified atom stereocenters.